The molecule has 0 heterocycles. The molecule has 3 rings (SSSR count). The second kappa shape index (κ2) is 8.69. The predicted octanol–water partition coefficient (Wildman–Crippen LogP) is 5.16. The van der Waals surface area contributed by atoms with Crippen LogP contribution in [0.3, 0.4) is 0 Å². The van der Waals surface area contributed by atoms with Crippen LogP contribution in [0.4, 0.5) is 0 Å². The summed E-state index contributed by atoms with van der Waals surface area (Å²) in [6.07, 6.45) is 8.97. The Morgan fingerprint density at radius 2 is 2.00 bits per heavy atom. The molecule has 0 bridgehead atoms. The highest BCUT2D eigenvalue weighted by Gasteiger charge is 2.57. The topological polar surface area (TPSA) is 63.6 Å². The van der Waals surface area contributed by atoms with E-state index in [9.17, 15) is 14.7 Å². The second-order valence-corrected chi connectivity index (χ2v) is 11.0. The Morgan fingerprint density at radius 3 is 2.66 bits per heavy atom. The van der Waals surface area contributed by atoms with Gasteiger partial charge in [-0.25, -0.2) is 0 Å². The van der Waals surface area contributed by atoms with Gasteiger partial charge in [-0.2, -0.15) is 0 Å². The van der Waals surface area contributed by atoms with Crippen molar-refractivity contribution in [3.05, 3.63) is 0 Å². The van der Waals surface area contributed by atoms with E-state index >= 15 is 0 Å². The molecule has 0 spiro atoms. The number of ether oxygens (including phenoxy) is 1. The van der Waals surface area contributed by atoms with E-state index in [4.69, 9.17) is 4.74 Å². The van der Waals surface area contributed by atoms with Crippen molar-refractivity contribution in [1.29, 1.82) is 0 Å². The van der Waals surface area contributed by atoms with Crippen LogP contribution in [0.15, 0.2) is 0 Å². The molecule has 3 aliphatic rings. The summed E-state index contributed by atoms with van der Waals surface area (Å²) in [5.74, 6) is 2.35. The van der Waals surface area contributed by atoms with Crippen molar-refractivity contribution in [2.75, 3.05) is 7.11 Å². The lowest BCUT2D eigenvalue weighted by Crippen LogP contribution is -2.55. The fourth-order valence-corrected chi connectivity index (χ4v) is 7.72. The third kappa shape index (κ3) is 4.29. The maximum absolute atomic E-state index is 13.2. The Morgan fingerprint density at radius 1 is 1.28 bits per heavy atom. The average Bonchev–Trinajstić information content (AvgIpc) is 2.68. The van der Waals surface area contributed by atoms with E-state index in [0.29, 0.717) is 42.3 Å². The quantitative estimate of drug-likeness (QED) is 0.619. The van der Waals surface area contributed by atoms with Crippen LogP contribution in [0.1, 0.15) is 91.9 Å². The molecule has 4 unspecified atom stereocenters. The summed E-state index contributed by atoms with van der Waals surface area (Å²) in [6.45, 7) is 9.35. The summed E-state index contributed by atoms with van der Waals surface area (Å²) >= 11 is 0. The molecule has 3 saturated carbocycles. The molecule has 4 nitrogen and oxygen atoms in total. The van der Waals surface area contributed by atoms with Crippen LogP contribution in [0.2, 0.25) is 0 Å². The molecule has 1 N–H and O–H groups in total. The number of methoxy groups -OCH3 is 1. The van der Waals surface area contributed by atoms with Crippen LogP contribution in [0.5, 0.6) is 0 Å². The lowest BCUT2D eigenvalue weighted by atomic mass is 9.45. The largest absolute Gasteiger partial charge is 0.469 e. The third-order valence-electron chi connectivity index (χ3n) is 9.47. The fraction of sp³-hybridized carbons (Fsp3) is 0.920. The number of hydrogen-bond donors (Lipinski definition) is 1. The number of carbonyl (C=O) groups is 2. The Bertz CT molecular complexity index is 616. The van der Waals surface area contributed by atoms with Crippen molar-refractivity contribution in [3.8, 4) is 0 Å². The molecule has 0 aromatic rings. The van der Waals surface area contributed by atoms with Crippen LogP contribution in [0.25, 0.3) is 0 Å². The van der Waals surface area contributed by atoms with Crippen molar-refractivity contribution in [1.82, 2.24) is 0 Å². The SMILES string of the molecule is CC[C@H](C(C)CCC(=O)OC)C1(C)CCC2[C@@H](C1)C(=O)C[C@@H]1C[C@H](O)CCC21C. The van der Waals surface area contributed by atoms with Crippen molar-refractivity contribution < 1.29 is 19.4 Å². The molecule has 0 aromatic carbocycles. The minimum atomic E-state index is -0.216. The highest BCUT2D eigenvalue weighted by atomic mass is 16.5. The zero-order valence-corrected chi connectivity index (χ0v) is 19.2. The molecule has 0 radical (unpaired) electrons. The molecule has 29 heavy (non-hydrogen) atoms. The summed E-state index contributed by atoms with van der Waals surface area (Å²) in [4.78, 5) is 24.8. The Hall–Kier alpha value is -0.900. The number of ketones is 1. The molecule has 0 amide bonds. The molecule has 0 aromatic heterocycles. The van der Waals surface area contributed by atoms with Gasteiger partial charge in [-0.05, 0) is 79.4 Å². The number of esters is 1. The zero-order chi connectivity index (χ0) is 21.4. The van der Waals surface area contributed by atoms with Crippen molar-refractivity contribution in [3.63, 3.8) is 0 Å². The first kappa shape index (κ1) is 22.8. The van der Waals surface area contributed by atoms with Gasteiger partial charge in [0.15, 0.2) is 0 Å². The number of hydrogen-bond acceptors (Lipinski definition) is 4. The van der Waals surface area contributed by atoms with Gasteiger partial charge >= 0.3 is 5.97 Å². The average molecular weight is 407 g/mol. The first-order valence-corrected chi connectivity index (χ1v) is 11.9. The van der Waals surface area contributed by atoms with Crippen molar-refractivity contribution in [2.24, 2.45) is 40.4 Å². The van der Waals surface area contributed by atoms with Crippen LogP contribution in [0, 0.1) is 40.4 Å². The zero-order valence-electron chi connectivity index (χ0n) is 19.2. The highest BCUT2D eigenvalue weighted by molar-refractivity contribution is 5.83. The van der Waals surface area contributed by atoms with E-state index in [1.165, 1.54) is 13.5 Å². The summed E-state index contributed by atoms with van der Waals surface area (Å²) in [5.41, 5.74) is 0.385. The Balaban J connectivity index is 1.74. The van der Waals surface area contributed by atoms with Gasteiger partial charge in [0.1, 0.15) is 5.78 Å². The van der Waals surface area contributed by atoms with E-state index in [0.717, 1.165) is 44.9 Å². The van der Waals surface area contributed by atoms with Crippen molar-refractivity contribution >= 4 is 11.8 Å². The molecule has 3 fully saturated rings. The maximum Gasteiger partial charge on any atom is 0.305 e. The molecular weight excluding hydrogens is 364 g/mol. The maximum atomic E-state index is 13.2. The number of aliphatic hydroxyl groups excluding tert-OH is 1. The number of rotatable bonds is 6. The summed E-state index contributed by atoms with van der Waals surface area (Å²) in [7, 11) is 1.46. The Kier molecular flexibility index (Phi) is 6.82. The van der Waals surface area contributed by atoms with Crippen LogP contribution in [-0.2, 0) is 14.3 Å². The first-order valence-electron chi connectivity index (χ1n) is 11.9. The molecule has 3 aliphatic carbocycles. The molecular formula is C25H42O4. The first-order chi connectivity index (χ1) is 13.6. The van der Waals surface area contributed by atoms with Crippen molar-refractivity contribution in [2.45, 2.75) is 98.0 Å². The van der Waals surface area contributed by atoms with Crippen LogP contribution < -0.4 is 0 Å². The Labute approximate surface area is 177 Å². The standard InChI is InChI=1S/C25H42O4/c1-6-20(16(2)7-8-23(28)29-5)24(3)11-10-21-19(15-24)22(27)14-17-13-18(26)9-12-25(17,21)4/h16-21,26H,6-15H2,1-5H3/t16?,17-,18+,19+,20+,21?,24?,25?/m0/s1. The van der Waals surface area contributed by atoms with E-state index in [1.54, 1.807) is 0 Å². The smallest absolute Gasteiger partial charge is 0.305 e. The van der Waals surface area contributed by atoms with Gasteiger partial charge in [0.05, 0.1) is 13.2 Å². The normalized spacial score (nSPS) is 41.8. The van der Waals surface area contributed by atoms with Gasteiger partial charge in [-0.1, -0.05) is 34.1 Å². The number of Topliss-reactive ketones (excluding diaryl/α,β-unsaturated/α-hetero) is 1. The van der Waals surface area contributed by atoms with Gasteiger partial charge in [0, 0.05) is 18.8 Å². The van der Waals surface area contributed by atoms with Crippen LogP contribution in [-0.4, -0.2) is 30.1 Å². The predicted molar refractivity (Wildman–Crippen MR) is 114 cm³/mol. The summed E-state index contributed by atoms with van der Waals surface area (Å²) < 4.78 is 4.84. The van der Waals surface area contributed by atoms with E-state index in [2.05, 4.69) is 27.7 Å². The second-order valence-electron chi connectivity index (χ2n) is 11.0. The highest BCUT2D eigenvalue weighted by Crippen LogP contribution is 2.62. The summed E-state index contributed by atoms with van der Waals surface area (Å²) in [5, 5.41) is 10.2. The van der Waals surface area contributed by atoms with Gasteiger partial charge < -0.3 is 9.84 Å². The van der Waals surface area contributed by atoms with Gasteiger partial charge in [-0.15, -0.1) is 0 Å². The van der Waals surface area contributed by atoms with Crippen LogP contribution >= 0.6 is 0 Å². The van der Waals surface area contributed by atoms with E-state index in [-0.39, 0.29) is 28.8 Å². The lowest BCUT2D eigenvalue weighted by molar-refractivity contribution is -0.154. The lowest BCUT2D eigenvalue weighted by Gasteiger charge is -2.59. The fourth-order valence-electron chi connectivity index (χ4n) is 7.72. The van der Waals surface area contributed by atoms with Gasteiger partial charge in [-0.3, -0.25) is 9.59 Å². The van der Waals surface area contributed by atoms with Gasteiger partial charge in [0.25, 0.3) is 0 Å². The minimum Gasteiger partial charge on any atom is -0.469 e. The monoisotopic (exact) mass is 406 g/mol. The molecule has 4 heteroatoms. The molecule has 8 atom stereocenters. The molecule has 166 valence electrons. The number of fused-ring (bicyclic) bond motifs is 3. The summed E-state index contributed by atoms with van der Waals surface area (Å²) in [6, 6.07) is 0. The third-order valence-corrected chi connectivity index (χ3v) is 9.47. The molecule has 0 aliphatic heterocycles. The van der Waals surface area contributed by atoms with Gasteiger partial charge in [0.2, 0.25) is 0 Å². The molecule has 0 saturated heterocycles. The number of aliphatic hydroxyl groups is 1. The minimum absolute atomic E-state index is 0.124. The van der Waals surface area contributed by atoms with E-state index in [1.807, 2.05) is 0 Å². The van der Waals surface area contributed by atoms with E-state index < -0.39 is 0 Å². The number of carbonyl (C=O) groups excluding carboxylic acids is 2.